The predicted molar refractivity (Wildman–Crippen MR) is 54.6 cm³/mol. The first-order chi connectivity index (χ1) is 7.25. The second kappa shape index (κ2) is 4.48. The first-order valence-corrected chi connectivity index (χ1v) is 6.94. The molecule has 1 saturated carbocycles. The maximum atomic E-state index is 5.67. The summed E-state index contributed by atoms with van der Waals surface area (Å²) in [6, 6.07) is 0. The Kier molecular flexibility index (Phi) is 3.44. The fraction of sp³-hybridized carbons (Fsp3) is 1.00. The highest BCUT2D eigenvalue weighted by atomic mass is 28.4. The molecule has 0 spiro atoms. The van der Waals surface area contributed by atoms with Crippen LogP contribution in [0.4, 0.5) is 0 Å². The lowest BCUT2D eigenvalue weighted by Crippen LogP contribution is -2.44. The van der Waals surface area contributed by atoms with E-state index in [1.165, 1.54) is 0 Å². The molecule has 0 radical (unpaired) electrons. The Labute approximate surface area is 91.0 Å². The minimum absolute atomic E-state index is 0.223. The first kappa shape index (κ1) is 11.5. The third-order valence-electron chi connectivity index (χ3n) is 2.94. The SMILES string of the molecule is CO[Si](OC)(OC)C1CC1OCC1CO1. The fourth-order valence-electron chi connectivity index (χ4n) is 1.83. The zero-order valence-corrected chi connectivity index (χ0v) is 10.4. The van der Waals surface area contributed by atoms with E-state index in [1.54, 1.807) is 21.3 Å². The first-order valence-electron chi connectivity index (χ1n) is 5.14. The Hall–Kier alpha value is 0.0169. The van der Waals surface area contributed by atoms with Crippen LogP contribution < -0.4 is 0 Å². The molecule has 2 fully saturated rings. The van der Waals surface area contributed by atoms with Crippen molar-refractivity contribution in [2.24, 2.45) is 0 Å². The van der Waals surface area contributed by atoms with Crippen LogP contribution in [-0.4, -0.2) is 55.6 Å². The largest absolute Gasteiger partial charge is 0.506 e. The van der Waals surface area contributed by atoms with Crippen LogP contribution >= 0.6 is 0 Å². The van der Waals surface area contributed by atoms with Crippen molar-refractivity contribution in [2.45, 2.75) is 24.2 Å². The van der Waals surface area contributed by atoms with Gasteiger partial charge in [-0.3, -0.25) is 0 Å². The Morgan fingerprint density at radius 1 is 1.20 bits per heavy atom. The summed E-state index contributed by atoms with van der Waals surface area (Å²) in [5, 5.41) is 0. The van der Waals surface area contributed by atoms with Crippen LogP contribution in [0.15, 0.2) is 0 Å². The summed E-state index contributed by atoms with van der Waals surface area (Å²) >= 11 is 0. The highest BCUT2D eigenvalue weighted by Gasteiger charge is 2.61. The number of epoxide rings is 1. The van der Waals surface area contributed by atoms with Gasteiger partial charge in [-0.15, -0.1) is 0 Å². The lowest BCUT2D eigenvalue weighted by molar-refractivity contribution is 0.0822. The zero-order valence-electron chi connectivity index (χ0n) is 9.39. The smallest absolute Gasteiger partial charge is 0.377 e. The van der Waals surface area contributed by atoms with E-state index in [2.05, 4.69) is 0 Å². The van der Waals surface area contributed by atoms with Crippen molar-refractivity contribution in [1.29, 1.82) is 0 Å². The minimum Gasteiger partial charge on any atom is -0.377 e. The maximum Gasteiger partial charge on any atom is 0.506 e. The van der Waals surface area contributed by atoms with E-state index in [0.717, 1.165) is 13.0 Å². The molecule has 0 amide bonds. The molecule has 1 aliphatic heterocycles. The number of ether oxygens (including phenoxy) is 2. The quantitative estimate of drug-likeness (QED) is 0.472. The molecule has 3 atom stereocenters. The standard InChI is InChI=1S/C9H18O5Si/c1-10-15(11-2,12-3)9-4-8(9)14-6-7-5-13-7/h7-9H,4-6H2,1-3H3. The van der Waals surface area contributed by atoms with E-state index >= 15 is 0 Å². The lowest BCUT2D eigenvalue weighted by atomic mass is 10.5. The van der Waals surface area contributed by atoms with Crippen LogP contribution in [0.25, 0.3) is 0 Å². The van der Waals surface area contributed by atoms with Gasteiger partial charge in [-0.2, -0.15) is 0 Å². The van der Waals surface area contributed by atoms with Crippen LogP contribution in [0, 0.1) is 0 Å². The average molecular weight is 234 g/mol. The van der Waals surface area contributed by atoms with Crippen LogP contribution in [0.3, 0.4) is 0 Å². The molecule has 15 heavy (non-hydrogen) atoms. The van der Waals surface area contributed by atoms with Crippen LogP contribution in [0.5, 0.6) is 0 Å². The Balaban J connectivity index is 1.78. The summed E-state index contributed by atoms with van der Waals surface area (Å²) in [7, 11) is 2.45. The monoisotopic (exact) mass is 234 g/mol. The third-order valence-corrected chi connectivity index (χ3v) is 6.16. The van der Waals surface area contributed by atoms with Crippen molar-refractivity contribution in [3.8, 4) is 0 Å². The molecule has 1 heterocycles. The van der Waals surface area contributed by atoms with E-state index in [-0.39, 0.29) is 11.6 Å². The molecular weight excluding hydrogens is 216 g/mol. The summed E-state index contributed by atoms with van der Waals surface area (Å²) in [6.45, 7) is 1.52. The molecule has 0 N–H and O–H groups in total. The van der Waals surface area contributed by atoms with E-state index in [4.69, 9.17) is 22.8 Å². The van der Waals surface area contributed by atoms with E-state index in [0.29, 0.717) is 12.7 Å². The van der Waals surface area contributed by atoms with Gasteiger partial charge in [0.25, 0.3) is 0 Å². The molecule has 0 aromatic heterocycles. The molecule has 0 aromatic carbocycles. The number of hydrogen-bond acceptors (Lipinski definition) is 5. The van der Waals surface area contributed by atoms with Crippen molar-refractivity contribution < 1.29 is 22.8 Å². The van der Waals surface area contributed by atoms with Gasteiger partial charge in [-0.05, 0) is 6.42 Å². The lowest BCUT2D eigenvalue weighted by Gasteiger charge is -2.24. The van der Waals surface area contributed by atoms with Crippen molar-refractivity contribution in [3.63, 3.8) is 0 Å². The maximum absolute atomic E-state index is 5.67. The van der Waals surface area contributed by atoms with Gasteiger partial charge in [0, 0.05) is 21.3 Å². The van der Waals surface area contributed by atoms with Gasteiger partial charge < -0.3 is 22.8 Å². The molecular formula is C9H18O5Si. The number of hydrogen-bond donors (Lipinski definition) is 0. The Bertz CT molecular complexity index is 208. The molecule has 1 aliphatic carbocycles. The predicted octanol–water partition coefficient (Wildman–Crippen LogP) is 0.422. The van der Waals surface area contributed by atoms with Gasteiger partial charge in [0.15, 0.2) is 0 Å². The molecule has 0 aromatic rings. The van der Waals surface area contributed by atoms with E-state index in [1.807, 2.05) is 0 Å². The molecule has 2 rings (SSSR count). The summed E-state index contributed by atoms with van der Waals surface area (Å²) < 4.78 is 26.9. The van der Waals surface area contributed by atoms with Gasteiger partial charge in [0.2, 0.25) is 0 Å². The highest BCUT2D eigenvalue weighted by molar-refractivity contribution is 6.63. The van der Waals surface area contributed by atoms with Gasteiger partial charge in [-0.1, -0.05) is 0 Å². The summed E-state index contributed by atoms with van der Waals surface area (Å²) in [6.07, 6.45) is 1.50. The van der Waals surface area contributed by atoms with Gasteiger partial charge in [-0.25, -0.2) is 0 Å². The second-order valence-corrected chi connectivity index (χ2v) is 7.06. The molecule has 6 heteroatoms. The van der Waals surface area contributed by atoms with Gasteiger partial charge >= 0.3 is 8.80 Å². The van der Waals surface area contributed by atoms with Gasteiger partial charge in [0.1, 0.15) is 6.10 Å². The van der Waals surface area contributed by atoms with E-state index in [9.17, 15) is 0 Å². The molecule has 5 nitrogen and oxygen atoms in total. The van der Waals surface area contributed by atoms with Crippen LogP contribution in [0.2, 0.25) is 5.54 Å². The van der Waals surface area contributed by atoms with Crippen molar-refractivity contribution in [3.05, 3.63) is 0 Å². The zero-order chi connectivity index (χ0) is 10.9. The third kappa shape index (κ3) is 2.40. The van der Waals surface area contributed by atoms with Crippen LogP contribution in [-0.2, 0) is 22.8 Å². The Morgan fingerprint density at radius 2 is 1.80 bits per heavy atom. The Morgan fingerprint density at radius 3 is 2.27 bits per heavy atom. The summed E-state index contributed by atoms with van der Waals surface area (Å²) in [5.41, 5.74) is 0.288. The fourth-order valence-corrected chi connectivity index (χ4v) is 4.31. The summed E-state index contributed by atoms with van der Waals surface area (Å²) in [5.74, 6) is 0. The van der Waals surface area contributed by atoms with E-state index < -0.39 is 8.80 Å². The van der Waals surface area contributed by atoms with Crippen LogP contribution in [0.1, 0.15) is 6.42 Å². The second-order valence-electron chi connectivity index (χ2n) is 3.89. The van der Waals surface area contributed by atoms with Gasteiger partial charge in [0.05, 0.1) is 24.9 Å². The molecule has 2 aliphatic rings. The molecule has 3 unspecified atom stereocenters. The summed E-state index contributed by atoms with van der Waals surface area (Å²) in [4.78, 5) is 0. The highest BCUT2D eigenvalue weighted by Crippen LogP contribution is 2.48. The topological polar surface area (TPSA) is 49.5 Å². The number of rotatable bonds is 7. The molecule has 1 saturated heterocycles. The average Bonchev–Trinajstić information content (AvgIpc) is 3.14. The van der Waals surface area contributed by atoms with Crippen molar-refractivity contribution in [1.82, 2.24) is 0 Å². The van der Waals surface area contributed by atoms with Crippen molar-refractivity contribution in [2.75, 3.05) is 34.5 Å². The minimum atomic E-state index is -2.46. The van der Waals surface area contributed by atoms with Crippen molar-refractivity contribution >= 4 is 8.80 Å². The molecule has 0 bridgehead atoms. The normalized spacial score (nSPS) is 34.2. The molecule has 88 valence electrons.